The number of piperidine rings is 1. The normalized spacial score (nSPS) is 24.3. The molecule has 2 aromatic rings. The van der Waals surface area contributed by atoms with Crippen LogP contribution in [-0.4, -0.2) is 44.3 Å². The van der Waals surface area contributed by atoms with Crippen molar-refractivity contribution in [2.45, 2.75) is 44.6 Å². The Hall–Kier alpha value is -1.46. The summed E-state index contributed by atoms with van der Waals surface area (Å²) in [5.74, 6) is 0.897. The molecule has 1 unspecified atom stereocenters. The second-order valence-corrected chi connectivity index (χ2v) is 7.31. The fraction of sp³-hybridized carbons (Fsp3) is 0.588. The van der Waals surface area contributed by atoms with E-state index in [2.05, 4.69) is 15.0 Å². The molecule has 0 saturated carbocycles. The highest BCUT2D eigenvalue weighted by Crippen LogP contribution is 2.43. The lowest BCUT2D eigenvalue weighted by Crippen LogP contribution is -2.46. The molecule has 1 aliphatic carbocycles. The van der Waals surface area contributed by atoms with Gasteiger partial charge in [-0.1, -0.05) is 11.6 Å². The van der Waals surface area contributed by atoms with Gasteiger partial charge in [0.15, 0.2) is 0 Å². The van der Waals surface area contributed by atoms with Crippen LogP contribution in [0, 0.1) is 6.92 Å². The summed E-state index contributed by atoms with van der Waals surface area (Å²) in [6, 6.07) is 0. The molecule has 0 aromatic carbocycles. The van der Waals surface area contributed by atoms with Crippen LogP contribution >= 0.6 is 11.6 Å². The van der Waals surface area contributed by atoms with Crippen molar-refractivity contribution in [2.24, 2.45) is 0 Å². The Labute approximate surface area is 141 Å². The zero-order valence-electron chi connectivity index (χ0n) is 13.5. The van der Waals surface area contributed by atoms with Crippen molar-refractivity contribution >= 4 is 11.6 Å². The van der Waals surface area contributed by atoms with Crippen molar-refractivity contribution in [2.75, 3.05) is 19.6 Å². The molecule has 3 heterocycles. The summed E-state index contributed by atoms with van der Waals surface area (Å²) in [5.41, 5.74) is 2.91. The zero-order chi connectivity index (χ0) is 15.9. The fourth-order valence-corrected chi connectivity index (χ4v) is 4.31. The van der Waals surface area contributed by atoms with Gasteiger partial charge in [0.05, 0.1) is 23.5 Å². The summed E-state index contributed by atoms with van der Waals surface area (Å²) in [4.78, 5) is 11.8. The van der Waals surface area contributed by atoms with Gasteiger partial charge in [0, 0.05) is 30.9 Å². The van der Waals surface area contributed by atoms with Crippen LogP contribution in [0.5, 0.6) is 0 Å². The number of nitrogens with zero attached hydrogens (tertiary/aromatic N) is 5. The molecule has 23 heavy (non-hydrogen) atoms. The van der Waals surface area contributed by atoms with Crippen LogP contribution in [-0.2, 0) is 18.4 Å². The number of rotatable bonds is 3. The fourth-order valence-electron chi connectivity index (χ4n) is 4.15. The average molecular weight is 332 g/mol. The van der Waals surface area contributed by atoms with E-state index in [-0.39, 0.29) is 5.41 Å². The van der Waals surface area contributed by atoms with E-state index in [1.165, 1.54) is 30.5 Å². The maximum atomic E-state index is 5.94. The maximum Gasteiger partial charge on any atom is 0.125 e. The van der Waals surface area contributed by atoms with Crippen molar-refractivity contribution in [3.63, 3.8) is 0 Å². The second-order valence-electron chi connectivity index (χ2n) is 6.87. The highest BCUT2D eigenvalue weighted by atomic mass is 35.5. The van der Waals surface area contributed by atoms with Crippen LogP contribution in [0.3, 0.4) is 0 Å². The molecule has 5 nitrogen and oxygen atoms in total. The molecule has 122 valence electrons. The summed E-state index contributed by atoms with van der Waals surface area (Å²) in [6.07, 6.45) is 10.5. The number of hydrogen-bond acceptors (Lipinski definition) is 4. The van der Waals surface area contributed by atoms with E-state index < -0.39 is 0 Å². The Morgan fingerprint density at radius 1 is 1.26 bits per heavy atom. The molecule has 1 saturated heterocycles. The minimum atomic E-state index is 0.239. The van der Waals surface area contributed by atoms with E-state index >= 15 is 0 Å². The molecule has 0 radical (unpaired) electrons. The predicted octanol–water partition coefficient (Wildman–Crippen LogP) is 2.61. The average Bonchev–Trinajstić information content (AvgIpc) is 3.11. The van der Waals surface area contributed by atoms with Gasteiger partial charge in [-0.15, -0.1) is 0 Å². The van der Waals surface area contributed by atoms with Gasteiger partial charge in [0.25, 0.3) is 0 Å². The highest BCUT2D eigenvalue weighted by Gasteiger charge is 2.43. The quantitative estimate of drug-likeness (QED) is 0.867. The lowest BCUT2D eigenvalue weighted by Gasteiger charge is -2.40. The van der Waals surface area contributed by atoms with Crippen LogP contribution in [0.1, 0.15) is 36.3 Å². The minimum Gasteiger partial charge on any atom is -0.301 e. The molecule has 2 aromatic heterocycles. The Kier molecular flexibility index (Phi) is 3.85. The topological polar surface area (TPSA) is 46.8 Å². The number of likely N-dealkylation sites (tertiary alicyclic amines) is 1. The molecule has 1 spiro atoms. The molecule has 4 rings (SSSR count). The van der Waals surface area contributed by atoms with E-state index in [1.807, 2.05) is 24.0 Å². The largest absolute Gasteiger partial charge is 0.301 e. The SMILES string of the molecule is Cc1ncc2c(n1)C1(CCCN(CCn3cc(Cl)cn3)C1)CC2. The number of fused-ring (bicyclic) bond motifs is 2. The minimum absolute atomic E-state index is 0.239. The highest BCUT2D eigenvalue weighted by molar-refractivity contribution is 6.30. The first-order valence-electron chi connectivity index (χ1n) is 8.38. The Balaban J connectivity index is 1.48. The van der Waals surface area contributed by atoms with Crippen molar-refractivity contribution in [1.29, 1.82) is 0 Å². The first-order chi connectivity index (χ1) is 11.1. The van der Waals surface area contributed by atoms with E-state index in [0.717, 1.165) is 38.4 Å². The molecule has 1 aliphatic heterocycles. The van der Waals surface area contributed by atoms with Crippen molar-refractivity contribution in [1.82, 2.24) is 24.6 Å². The molecule has 0 amide bonds. The Morgan fingerprint density at radius 2 is 2.17 bits per heavy atom. The number of aryl methyl sites for hydroxylation is 2. The molecular formula is C17H22ClN5. The van der Waals surface area contributed by atoms with E-state index in [1.54, 1.807) is 6.20 Å². The molecule has 0 N–H and O–H groups in total. The van der Waals surface area contributed by atoms with Gasteiger partial charge in [0.1, 0.15) is 5.82 Å². The molecule has 6 heteroatoms. The summed E-state index contributed by atoms with van der Waals surface area (Å²) in [7, 11) is 0. The van der Waals surface area contributed by atoms with Crippen LogP contribution < -0.4 is 0 Å². The standard InChI is InChI=1S/C17H22ClN5/c1-13-19-9-14-3-5-17(16(14)21-13)4-2-6-22(12-17)7-8-23-11-15(18)10-20-23/h9-11H,2-8,12H2,1H3. The van der Waals surface area contributed by atoms with Gasteiger partial charge in [0.2, 0.25) is 0 Å². The van der Waals surface area contributed by atoms with Gasteiger partial charge in [-0.25, -0.2) is 9.97 Å². The van der Waals surface area contributed by atoms with Gasteiger partial charge in [-0.3, -0.25) is 4.68 Å². The summed E-state index contributed by atoms with van der Waals surface area (Å²) < 4.78 is 1.93. The molecule has 1 fully saturated rings. The third-order valence-electron chi connectivity index (χ3n) is 5.26. The maximum absolute atomic E-state index is 5.94. The van der Waals surface area contributed by atoms with Crippen LogP contribution in [0.15, 0.2) is 18.6 Å². The lowest BCUT2D eigenvalue weighted by atomic mass is 9.77. The van der Waals surface area contributed by atoms with Crippen LogP contribution in [0.25, 0.3) is 0 Å². The third-order valence-corrected chi connectivity index (χ3v) is 5.46. The Bertz CT molecular complexity index is 709. The van der Waals surface area contributed by atoms with Crippen molar-refractivity contribution < 1.29 is 0 Å². The van der Waals surface area contributed by atoms with Gasteiger partial charge < -0.3 is 4.90 Å². The monoisotopic (exact) mass is 331 g/mol. The summed E-state index contributed by atoms with van der Waals surface area (Å²) >= 11 is 5.94. The van der Waals surface area contributed by atoms with Gasteiger partial charge in [-0.2, -0.15) is 5.10 Å². The number of aromatic nitrogens is 4. The molecule has 1 atom stereocenters. The van der Waals surface area contributed by atoms with Crippen molar-refractivity contribution in [3.8, 4) is 0 Å². The van der Waals surface area contributed by atoms with Gasteiger partial charge >= 0.3 is 0 Å². The van der Waals surface area contributed by atoms with Crippen LogP contribution in [0.4, 0.5) is 0 Å². The van der Waals surface area contributed by atoms with Gasteiger partial charge in [-0.05, 0) is 44.7 Å². The third kappa shape index (κ3) is 2.88. The first kappa shape index (κ1) is 15.1. The van der Waals surface area contributed by atoms with Crippen molar-refractivity contribution in [3.05, 3.63) is 40.7 Å². The second kappa shape index (κ2) is 5.87. The molecular weight excluding hydrogens is 310 g/mol. The smallest absolute Gasteiger partial charge is 0.125 e. The zero-order valence-corrected chi connectivity index (χ0v) is 14.3. The summed E-state index contributed by atoms with van der Waals surface area (Å²) in [6.45, 7) is 6.16. The number of halogens is 1. The predicted molar refractivity (Wildman–Crippen MR) is 89.7 cm³/mol. The number of hydrogen-bond donors (Lipinski definition) is 0. The molecule has 2 aliphatic rings. The van der Waals surface area contributed by atoms with Crippen LogP contribution in [0.2, 0.25) is 5.02 Å². The first-order valence-corrected chi connectivity index (χ1v) is 8.76. The molecule has 0 bridgehead atoms. The van der Waals surface area contributed by atoms with E-state index in [4.69, 9.17) is 16.6 Å². The van der Waals surface area contributed by atoms with E-state index in [0.29, 0.717) is 5.02 Å². The van der Waals surface area contributed by atoms with E-state index in [9.17, 15) is 0 Å². The Morgan fingerprint density at radius 3 is 3.00 bits per heavy atom. The summed E-state index contributed by atoms with van der Waals surface area (Å²) in [5, 5.41) is 4.98. The lowest BCUT2D eigenvalue weighted by molar-refractivity contribution is 0.137.